The lowest BCUT2D eigenvalue weighted by atomic mass is 10.1. The number of carbonyl (C=O) groups excluding carboxylic acids is 2. The zero-order valence-corrected chi connectivity index (χ0v) is 29.4. The number of rotatable bonds is 9. The average molecular weight is 743 g/mol. The lowest BCUT2D eigenvalue weighted by molar-refractivity contribution is -0.727. The number of carbonyl (C=O) groups is 2. The standard InChI is InChI=1S/C33H30F3N7O4.CH4O3S/c1-20(2)47-32(45)46-19-42-11-5-6-24(17-42)28-9-10-37-31(40-28)41-29-12-23(8-7-21(29)3)30(44)39-26-13-25(33(34,35)36)14-27(15-26)43-16-22(4)38-18-43;1-5(2,3)4/h5-18,20H,19H2,1-4H3,(H-,37,39,40,41,44);1H3,(H,2,3,4)/p+1. The number of nitrogens with zero attached hydrogens (tertiary/aromatic N) is 5. The van der Waals surface area contributed by atoms with Crippen molar-refractivity contribution in [3.8, 4) is 16.9 Å². The normalized spacial score (nSPS) is 11.3. The van der Waals surface area contributed by atoms with Crippen molar-refractivity contribution in [1.82, 2.24) is 19.5 Å². The predicted octanol–water partition coefficient (Wildman–Crippen LogP) is 6.27. The van der Waals surface area contributed by atoms with Crippen LogP contribution in [-0.4, -0.2) is 56.9 Å². The van der Waals surface area contributed by atoms with Crippen molar-refractivity contribution in [3.05, 3.63) is 108 Å². The van der Waals surface area contributed by atoms with Crippen LogP contribution in [0.3, 0.4) is 0 Å². The van der Waals surface area contributed by atoms with Crippen molar-refractivity contribution in [3.63, 3.8) is 0 Å². The van der Waals surface area contributed by atoms with E-state index in [-0.39, 0.29) is 35.7 Å². The quantitative estimate of drug-likeness (QED) is 0.0881. The highest BCUT2D eigenvalue weighted by molar-refractivity contribution is 7.85. The number of amides is 1. The third-order valence-corrected chi connectivity index (χ3v) is 6.73. The number of benzene rings is 2. The van der Waals surface area contributed by atoms with Gasteiger partial charge in [-0.2, -0.15) is 26.2 Å². The van der Waals surface area contributed by atoms with E-state index >= 15 is 0 Å². The predicted molar refractivity (Wildman–Crippen MR) is 184 cm³/mol. The van der Waals surface area contributed by atoms with E-state index in [2.05, 4.69) is 25.6 Å². The van der Waals surface area contributed by atoms with E-state index in [0.29, 0.717) is 23.3 Å². The Morgan fingerprint density at radius 3 is 2.44 bits per heavy atom. The van der Waals surface area contributed by atoms with Gasteiger partial charge in [0.25, 0.3) is 22.8 Å². The Kier molecular flexibility index (Phi) is 12.3. The molecular formula is C34H35F3N7O7S+. The van der Waals surface area contributed by atoms with Gasteiger partial charge in [0.15, 0.2) is 12.4 Å². The molecule has 52 heavy (non-hydrogen) atoms. The van der Waals surface area contributed by atoms with Crippen molar-refractivity contribution in [2.24, 2.45) is 0 Å². The Labute approximate surface area is 297 Å². The Morgan fingerprint density at radius 1 is 1.06 bits per heavy atom. The van der Waals surface area contributed by atoms with Crippen LogP contribution in [0.1, 0.15) is 41.0 Å². The maximum Gasteiger partial charge on any atom is 0.513 e. The fourth-order valence-electron chi connectivity index (χ4n) is 4.47. The number of anilines is 3. The molecule has 0 saturated heterocycles. The summed E-state index contributed by atoms with van der Waals surface area (Å²) in [5, 5.41) is 5.71. The van der Waals surface area contributed by atoms with Gasteiger partial charge in [0.2, 0.25) is 5.95 Å². The number of pyridine rings is 1. The van der Waals surface area contributed by atoms with E-state index in [1.807, 2.05) is 13.0 Å². The number of halogens is 3. The maximum absolute atomic E-state index is 13.7. The molecule has 18 heteroatoms. The number of hydrogen-bond acceptors (Lipinski definition) is 10. The molecule has 5 rings (SSSR count). The Balaban J connectivity index is 0.00000113. The number of alkyl halides is 3. The molecule has 2 aromatic carbocycles. The lowest BCUT2D eigenvalue weighted by Gasteiger charge is -2.14. The summed E-state index contributed by atoms with van der Waals surface area (Å²) in [7, 11) is -3.67. The van der Waals surface area contributed by atoms with Gasteiger partial charge in [-0.05, 0) is 75.7 Å². The first-order chi connectivity index (χ1) is 24.3. The van der Waals surface area contributed by atoms with Crippen molar-refractivity contribution in [1.29, 1.82) is 0 Å². The van der Waals surface area contributed by atoms with Crippen LogP contribution >= 0.6 is 0 Å². The fourth-order valence-corrected chi connectivity index (χ4v) is 4.47. The molecule has 0 aliphatic rings. The molecule has 3 aromatic heterocycles. The van der Waals surface area contributed by atoms with E-state index in [0.717, 1.165) is 23.3 Å². The average Bonchev–Trinajstić information content (AvgIpc) is 3.49. The van der Waals surface area contributed by atoms with Crippen LogP contribution in [0, 0.1) is 13.8 Å². The third kappa shape index (κ3) is 11.9. The molecule has 3 N–H and O–H groups in total. The number of hydrogen-bond donors (Lipinski definition) is 3. The summed E-state index contributed by atoms with van der Waals surface area (Å²) in [5.74, 6) is -0.364. The molecule has 14 nitrogen and oxygen atoms in total. The maximum atomic E-state index is 13.7. The van der Waals surface area contributed by atoms with E-state index in [9.17, 15) is 31.2 Å². The molecule has 3 heterocycles. The molecule has 5 aromatic rings. The second kappa shape index (κ2) is 16.4. The second-order valence-corrected chi connectivity index (χ2v) is 13.1. The van der Waals surface area contributed by atoms with Gasteiger partial charge in [-0.1, -0.05) is 6.07 Å². The van der Waals surface area contributed by atoms with Crippen molar-refractivity contribution in [2.75, 3.05) is 16.9 Å². The van der Waals surface area contributed by atoms with E-state index < -0.39 is 33.9 Å². The highest BCUT2D eigenvalue weighted by atomic mass is 32.2. The van der Waals surface area contributed by atoms with Gasteiger partial charge in [0.1, 0.15) is 0 Å². The van der Waals surface area contributed by atoms with Crippen LogP contribution in [0.2, 0.25) is 0 Å². The van der Waals surface area contributed by atoms with Crippen LogP contribution in [0.15, 0.2) is 85.7 Å². The summed E-state index contributed by atoms with van der Waals surface area (Å²) < 4.78 is 80.2. The Hall–Kier alpha value is -5.88. The molecule has 0 fully saturated rings. The zero-order valence-electron chi connectivity index (χ0n) is 28.5. The minimum absolute atomic E-state index is 0.0281. The second-order valence-electron chi connectivity index (χ2n) is 11.6. The molecule has 0 radical (unpaired) electrons. The lowest BCUT2D eigenvalue weighted by Crippen LogP contribution is -2.35. The SMILES string of the molecule is CS(=O)(=O)O.Cc1cn(-c2cc(NC(=O)c3ccc(C)c(Nc4nccc(-c5ccc[n+](COC(=O)OC(C)C)c5)n4)c3)cc(C(F)(F)F)c2)cn1. The summed E-state index contributed by atoms with van der Waals surface area (Å²) >= 11 is 0. The van der Waals surface area contributed by atoms with E-state index in [4.69, 9.17) is 14.0 Å². The van der Waals surface area contributed by atoms with Crippen LogP contribution in [0.5, 0.6) is 0 Å². The molecule has 0 saturated carbocycles. The Morgan fingerprint density at radius 2 is 1.79 bits per heavy atom. The van der Waals surface area contributed by atoms with Crippen LogP contribution in [0.4, 0.5) is 35.3 Å². The van der Waals surface area contributed by atoms with Gasteiger partial charge >= 0.3 is 12.3 Å². The third-order valence-electron chi connectivity index (χ3n) is 6.73. The van der Waals surface area contributed by atoms with Gasteiger partial charge in [-0.3, -0.25) is 9.35 Å². The summed E-state index contributed by atoms with van der Waals surface area (Å²) in [6.07, 6.45) is 3.05. The number of aryl methyl sites for hydroxylation is 2. The summed E-state index contributed by atoms with van der Waals surface area (Å²) in [4.78, 5) is 38.0. The molecular weight excluding hydrogens is 707 g/mol. The zero-order chi connectivity index (χ0) is 38.2. The molecule has 0 bridgehead atoms. The number of ether oxygens (including phenoxy) is 2. The van der Waals surface area contributed by atoms with Gasteiger partial charge in [0.05, 0.1) is 41.2 Å². The summed E-state index contributed by atoms with van der Waals surface area (Å²) in [5.41, 5.74) is 2.67. The fraction of sp³-hybridized carbons (Fsp3) is 0.235. The molecule has 0 aliphatic heterocycles. The van der Waals surface area contributed by atoms with E-state index in [1.54, 1.807) is 80.5 Å². The van der Waals surface area contributed by atoms with Gasteiger partial charge < -0.3 is 24.7 Å². The first-order valence-corrected chi connectivity index (χ1v) is 17.2. The summed E-state index contributed by atoms with van der Waals surface area (Å²) in [6.45, 7) is 6.93. The van der Waals surface area contributed by atoms with Gasteiger partial charge in [-0.25, -0.2) is 19.7 Å². The number of nitrogens with one attached hydrogen (secondary N) is 2. The molecule has 0 atom stereocenters. The highest BCUT2D eigenvalue weighted by Gasteiger charge is 2.31. The highest BCUT2D eigenvalue weighted by Crippen LogP contribution is 2.33. The molecule has 1 amide bonds. The molecule has 0 unspecified atom stereocenters. The smallest absolute Gasteiger partial charge is 0.431 e. The number of imidazole rings is 1. The van der Waals surface area contributed by atoms with Gasteiger partial charge in [-0.15, -0.1) is 0 Å². The monoisotopic (exact) mass is 742 g/mol. The largest absolute Gasteiger partial charge is 0.513 e. The van der Waals surface area contributed by atoms with Crippen LogP contribution in [-0.2, 0) is 32.5 Å². The Bertz CT molecular complexity index is 2170. The molecule has 274 valence electrons. The topological polar surface area (TPSA) is 179 Å². The van der Waals surface area contributed by atoms with Crippen LogP contribution < -0.4 is 15.2 Å². The first-order valence-electron chi connectivity index (χ1n) is 15.3. The number of aromatic nitrogens is 5. The van der Waals surface area contributed by atoms with E-state index in [1.165, 1.54) is 17.0 Å². The van der Waals surface area contributed by atoms with Crippen molar-refractivity contribution in [2.45, 2.75) is 46.7 Å². The van der Waals surface area contributed by atoms with Crippen LogP contribution in [0.25, 0.3) is 16.9 Å². The summed E-state index contributed by atoms with van der Waals surface area (Å²) in [6, 6.07) is 13.5. The van der Waals surface area contributed by atoms with Crippen molar-refractivity contribution < 1.29 is 49.8 Å². The minimum atomic E-state index is -4.63. The minimum Gasteiger partial charge on any atom is -0.431 e. The van der Waals surface area contributed by atoms with Crippen molar-refractivity contribution >= 4 is 39.5 Å². The van der Waals surface area contributed by atoms with Gasteiger partial charge in [0, 0.05) is 41.1 Å². The molecule has 0 spiro atoms. The first kappa shape index (κ1) is 38.9. The molecule has 0 aliphatic carbocycles.